The minimum Gasteiger partial charge on any atom is -0.481 e. The van der Waals surface area contributed by atoms with Gasteiger partial charge in [-0.1, -0.05) is 6.92 Å². The maximum Gasteiger partial charge on any atom is 0.306 e. The fraction of sp³-hybridized carbons (Fsp3) is 0.800. The van der Waals surface area contributed by atoms with Crippen molar-refractivity contribution in [3.05, 3.63) is 0 Å². The summed E-state index contributed by atoms with van der Waals surface area (Å²) in [5.74, 6) is -1.17. The average molecular weight is 200 g/mol. The molecule has 0 aliphatic heterocycles. The standard InChI is InChI=1S/C10H16O4/c1-2-9(11)14-8-5-3-7(4-6-8)10(12)13/h7-8H,2-6H2,1H3,(H,12,13)/t7-,8-. The lowest BCUT2D eigenvalue weighted by Crippen LogP contribution is -2.27. The Morgan fingerprint density at radius 1 is 1.29 bits per heavy atom. The summed E-state index contributed by atoms with van der Waals surface area (Å²) in [6.07, 6.45) is 2.94. The predicted molar refractivity (Wildman–Crippen MR) is 49.8 cm³/mol. The van der Waals surface area contributed by atoms with Crippen LogP contribution in [0.3, 0.4) is 0 Å². The number of aliphatic carboxylic acids is 1. The molecular formula is C10H16O4. The predicted octanol–water partition coefficient (Wildman–Crippen LogP) is 1.58. The number of carboxylic acids is 1. The Balaban J connectivity index is 2.29. The van der Waals surface area contributed by atoms with Crippen molar-refractivity contribution < 1.29 is 19.4 Å². The van der Waals surface area contributed by atoms with Crippen LogP contribution < -0.4 is 0 Å². The number of esters is 1. The van der Waals surface area contributed by atoms with Gasteiger partial charge < -0.3 is 9.84 Å². The molecule has 0 aromatic carbocycles. The molecule has 0 heterocycles. The van der Waals surface area contributed by atoms with Gasteiger partial charge in [0.1, 0.15) is 6.10 Å². The first-order chi connectivity index (χ1) is 6.63. The fourth-order valence-corrected chi connectivity index (χ4v) is 1.70. The van der Waals surface area contributed by atoms with E-state index in [4.69, 9.17) is 9.84 Å². The molecule has 0 atom stereocenters. The van der Waals surface area contributed by atoms with E-state index in [1.165, 1.54) is 0 Å². The maximum absolute atomic E-state index is 11.0. The molecule has 14 heavy (non-hydrogen) atoms. The summed E-state index contributed by atoms with van der Waals surface area (Å²) in [6.45, 7) is 1.76. The number of rotatable bonds is 3. The minimum atomic E-state index is -0.731. The summed E-state index contributed by atoms with van der Waals surface area (Å²) >= 11 is 0. The van der Waals surface area contributed by atoms with Gasteiger partial charge in [0.25, 0.3) is 0 Å². The average Bonchev–Trinajstić information content (AvgIpc) is 2.18. The normalized spacial score (nSPS) is 26.9. The molecule has 1 saturated carbocycles. The number of hydrogen-bond donors (Lipinski definition) is 1. The zero-order chi connectivity index (χ0) is 10.6. The van der Waals surface area contributed by atoms with Crippen LogP contribution in [0.1, 0.15) is 39.0 Å². The molecule has 1 aliphatic carbocycles. The smallest absolute Gasteiger partial charge is 0.306 e. The molecule has 4 nitrogen and oxygen atoms in total. The monoisotopic (exact) mass is 200 g/mol. The van der Waals surface area contributed by atoms with Gasteiger partial charge in [0.15, 0.2) is 0 Å². The van der Waals surface area contributed by atoms with Crippen molar-refractivity contribution in [1.29, 1.82) is 0 Å². The Bertz CT molecular complexity index is 216. The van der Waals surface area contributed by atoms with Gasteiger partial charge in [-0.3, -0.25) is 9.59 Å². The molecular weight excluding hydrogens is 184 g/mol. The molecule has 80 valence electrons. The Morgan fingerprint density at radius 2 is 1.86 bits per heavy atom. The van der Waals surface area contributed by atoms with E-state index < -0.39 is 5.97 Å². The number of carboxylic acid groups (broad SMARTS) is 1. The molecule has 1 fully saturated rings. The number of carbonyl (C=O) groups excluding carboxylic acids is 1. The Labute approximate surface area is 83.2 Å². The van der Waals surface area contributed by atoms with E-state index in [0.29, 0.717) is 32.1 Å². The van der Waals surface area contributed by atoms with Crippen LogP contribution in [0.25, 0.3) is 0 Å². The first-order valence-electron chi connectivity index (χ1n) is 5.05. The lowest BCUT2D eigenvalue weighted by atomic mass is 9.87. The molecule has 1 aliphatic rings. The van der Waals surface area contributed by atoms with Crippen molar-refractivity contribution in [3.63, 3.8) is 0 Å². The van der Waals surface area contributed by atoms with Crippen LogP contribution >= 0.6 is 0 Å². The van der Waals surface area contributed by atoms with E-state index in [0.717, 1.165) is 0 Å². The Kier molecular flexibility index (Phi) is 3.92. The third-order valence-corrected chi connectivity index (χ3v) is 2.61. The molecule has 4 heteroatoms. The molecule has 1 N–H and O–H groups in total. The SMILES string of the molecule is CCC(=O)O[C@H]1CC[C@H](C(=O)O)CC1. The third kappa shape index (κ3) is 3.01. The third-order valence-electron chi connectivity index (χ3n) is 2.61. The lowest BCUT2D eigenvalue weighted by Gasteiger charge is -2.25. The molecule has 0 unspecified atom stereocenters. The van der Waals surface area contributed by atoms with Crippen molar-refractivity contribution in [2.24, 2.45) is 5.92 Å². The quantitative estimate of drug-likeness (QED) is 0.702. The van der Waals surface area contributed by atoms with Crippen LogP contribution in [0.4, 0.5) is 0 Å². The van der Waals surface area contributed by atoms with Gasteiger partial charge in [0, 0.05) is 6.42 Å². The fourth-order valence-electron chi connectivity index (χ4n) is 1.70. The van der Waals surface area contributed by atoms with Gasteiger partial charge in [-0.05, 0) is 25.7 Å². The summed E-state index contributed by atoms with van der Waals surface area (Å²) in [4.78, 5) is 21.6. The largest absolute Gasteiger partial charge is 0.481 e. The van der Waals surface area contributed by atoms with E-state index in [1.54, 1.807) is 6.92 Å². The highest BCUT2D eigenvalue weighted by molar-refractivity contribution is 5.70. The first-order valence-corrected chi connectivity index (χ1v) is 5.05. The lowest BCUT2D eigenvalue weighted by molar-refractivity contribution is -0.152. The topological polar surface area (TPSA) is 63.6 Å². The molecule has 0 aromatic rings. The Morgan fingerprint density at radius 3 is 2.29 bits per heavy atom. The molecule has 0 amide bonds. The highest BCUT2D eigenvalue weighted by Gasteiger charge is 2.27. The molecule has 0 bridgehead atoms. The number of carbonyl (C=O) groups is 2. The highest BCUT2D eigenvalue weighted by Crippen LogP contribution is 2.26. The Hall–Kier alpha value is -1.06. The van der Waals surface area contributed by atoms with E-state index >= 15 is 0 Å². The second kappa shape index (κ2) is 4.98. The van der Waals surface area contributed by atoms with Gasteiger partial charge in [-0.2, -0.15) is 0 Å². The first kappa shape index (κ1) is 11.0. The van der Waals surface area contributed by atoms with Crippen LogP contribution in [0, 0.1) is 5.92 Å². The van der Waals surface area contributed by atoms with Crippen LogP contribution in [0.15, 0.2) is 0 Å². The van der Waals surface area contributed by atoms with E-state index in [1.807, 2.05) is 0 Å². The van der Waals surface area contributed by atoms with Crippen LogP contribution in [-0.4, -0.2) is 23.1 Å². The zero-order valence-electron chi connectivity index (χ0n) is 8.36. The summed E-state index contributed by atoms with van der Waals surface area (Å²) in [5, 5.41) is 8.74. The highest BCUT2D eigenvalue weighted by atomic mass is 16.5. The van der Waals surface area contributed by atoms with E-state index in [9.17, 15) is 9.59 Å². The van der Waals surface area contributed by atoms with Crippen molar-refractivity contribution in [2.75, 3.05) is 0 Å². The number of hydrogen-bond acceptors (Lipinski definition) is 3. The van der Waals surface area contributed by atoms with E-state index in [2.05, 4.69) is 0 Å². The van der Waals surface area contributed by atoms with Gasteiger partial charge >= 0.3 is 11.9 Å². The zero-order valence-corrected chi connectivity index (χ0v) is 8.36. The molecule has 1 rings (SSSR count). The molecule has 0 spiro atoms. The van der Waals surface area contributed by atoms with Crippen molar-refractivity contribution in [3.8, 4) is 0 Å². The molecule has 0 radical (unpaired) electrons. The second-order valence-corrected chi connectivity index (χ2v) is 3.66. The van der Waals surface area contributed by atoms with Crippen LogP contribution in [0.5, 0.6) is 0 Å². The number of ether oxygens (including phenoxy) is 1. The summed E-state index contributed by atoms with van der Waals surface area (Å²) in [6, 6.07) is 0. The summed E-state index contributed by atoms with van der Waals surface area (Å²) in [7, 11) is 0. The van der Waals surface area contributed by atoms with E-state index in [-0.39, 0.29) is 18.0 Å². The van der Waals surface area contributed by atoms with Crippen LogP contribution in [0.2, 0.25) is 0 Å². The molecule has 0 aromatic heterocycles. The van der Waals surface area contributed by atoms with Crippen molar-refractivity contribution >= 4 is 11.9 Å². The van der Waals surface area contributed by atoms with Gasteiger partial charge in [0.05, 0.1) is 5.92 Å². The summed E-state index contributed by atoms with van der Waals surface area (Å²) in [5.41, 5.74) is 0. The maximum atomic E-state index is 11.0. The van der Waals surface area contributed by atoms with Crippen molar-refractivity contribution in [1.82, 2.24) is 0 Å². The van der Waals surface area contributed by atoms with Gasteiger partial charge in [-0.15, -0.1) is 0 Å². The minimum absolute atomic E-state index is 0.0574. The molecule has 0 saturated heterocycles. The van der Waals surface area contributed by atoms with Crippen molar-refractivity contribution in [2.45, 2.75) is 45.1 Å². The van der Waals surface area contributed by atoms with Crippen LogP contribution in [-0.2, 0) is 14.3 Å². The van der Waals surface area contributed by atoms with Gasteiger partial charge in [-0.25, -0.2) is 0 Å². The summed E-state index contributed by atoms with van der Waals surface area (Å²) < 4.78 is 5.14. The van der Waals surface area contributed by atoms with Gasteiger partial charge in [0.2, 0.25) is 0 Å². The second-order valence-electron chi connectivity index (χ2n) is 3.66.